The number of hydrogen-bond acceptors (Lipinski definition) is 3. The van der Waals surface area contributed by atoms with Gasteiger partial charge in [0.1, 0.15) is 5.92 Å². The van der Waals surface area contributed by atoms with Gasteiger partial charge in [0.15, 0.2) is 0 Å². The largest absolute Gasteiger partial charge is 0.465 e. The van der Waals surface area contributed by atoms with E-state index < -0.39 is 11.9 Å². The molecule has 0 unspecified atom stereocenters. The van der Waals surface area contributed by atoms with Crippen molar-refractivity contribution in [2.45, 2.75) is 20.4 Å². The molecule has 1 N–H and O–H groups in total. The first-order valence-corrected chi connectivity index (χ1v) is 5.63. The van der Waals surface area contributed by atoms with Crippen LogP contribution in [0.4, 0.5) is 0 Å². The fourth-order valence-electron chi connectivity index (χ4n) is 1.31. The van der Waals surface area contributed by atoms with Gasteiger partial charge in [0, 0.05) is 6.54 Å². The lowest BCUT2D eigenvalue weighted by Gasteiger charge is -2.11. The summed E-state index contributed by atoms with van der Waals surface area (Å²) in [4.78, 5) is 22.9. The van der Waals surface area contributed by atoms with Crippen LogP contribution in [0.3, 0.4) is 0 Å². The highest BCUT2D eigenvalue weighted by Gasteiger charge is 2.21. The van der Waals surface area contributed by atoms with Crippen LogP contribution in [0.1, 0.15) is 19.4 Å². The predicted octanol–water partition coefficient (Wildman–Crippen LogP) is 1.50. The first kappa shape index (κ1) is 13.2. The van der Waals surface area contributed by atoms with Gasteiger partial charge in [0.05, 0.1) is 6.61 Å². The fraction of sp³-hybridized carbons (Fsp3) is 0.385. The van der Waals surface area contributed by atoms with Gasteiger partial charge in [-0.2, -0.15) is 0 Å². The van der Waals surface area contributed by atoms with Crippen molar-refractivity contribution in [3.8, 4) is 0 Å². The number of rotatable bonds is 5. The molecule has 0 heterocycles. The maximum Gasteiger partial charge on any atom is 0.318 e. The summed E-state index contributed by atoms with van der Waals surface area (Å²) in [6.07, 6.45) is 0. The highest BCUT2D eigenvalue weighted by Crippen LogP contribution is 2.01. The van der Waals surface area contributed by atoms with Gasteiger partial charge in [-0.1, -0.05) is 30.3 Å². The lowest BCUT2D eigenvalue weighted by molar-refractivity contribution is -0.151. The van der Waals surface area contributed by atoms with E-state index >= 15 is 0 Å². The maximum absolute atomic E-state index is 11.6. The SMILES string of the molecule is CCOC(=O)[C@H](C)C(=O)NCc1ccccc1. The van der Waals surface area contributed by atoms with Crippen LogP contribution in [0.25, 0.3) is 0 Å². The van der Waals surface area contributed by atoms with E-state index in [9.17, 15) is 9.59 Å². The van der Waals surface area contributed by atoms with E-state index in [2.05, 4.69) is 5.32 Å². The molecule has 0 saturated carbocycles. The van der Waals surface area contributed by atoms with Crippen molar-refractivity contribution >= 4 is 11.9 Å². The van der Waals surface area contributed by atoms with Gasteiger partial charge < -0.3 is 10.1 Å². The molecule has 1 rings (SSSR count). The van der Waals surface area contributed by atoms with E-state index in [0.717, 1.165) is 5.56 Å². The molecule has 1 amide bonds. The van der Waals surface area contributed by atoms with Gasteiger partial charge in [0.2, 0.25) is 5.91 Å². The smallest absolute Gasteiger partial charge is 0.318 e. The van der Waals surface area contributed by atoms with Gasteiger partial charge >= 0.3 is 5.97 Å². The molecule has 0 aromatic heterocycles. The van der Waals surface area contributed by atoms with Crippen molar-refractivity contribution in [1.29, 1.82) is 0 Å². The molecule has 1 atom stereocenters. The normalized spacial score (nSPS) is 11.6. The summed E-state index contributed by atoms with van der Waals surface area (Å²) in [7, 11) is 0. The third kappa shape index (κ3) is 4.26. The second kappa shape index (κ2) is 6.68. The minimum absolute atomic E-state index is 0.287. The first-order valence-electron chi connectivity index (χ1n) is 5.63. The monoisotopic (exact) mass is 235 g/mol. The molecule has 17 heavy (non-hydrogen) atoms. The number of ether oxygens (including phenoxy) is 1. The summed E-state index contributed by atoms with van der Waals surface area (Å²) in [5, 5.41) is 2.70. The van der Waals surface area contributed by atoms with Crippen molar-refractivity contribution < 1.29 is 14.3 Å². The number of carbonyl (C=O) groups is 2. The summed E-state index contributed by atoms with van der Waals surface area (Å²) in [5.74, 6) is -1.57. The van der Waals surface area contributed by atoms with Crippen LogP contribution < -0.4 is 5.32 Å². The van der Waals surface area contributed by atoms with Crippen LogP contribution in [0, 0.1) is 5.92 Å². The summed E-state index contributed by atoms with van der Waals surface area (Å²) in [6, 6.07) is 9.53. The van der Waals surface area contributed by atoms with E-state index in [4.69, 9.17) is 4.74 Å². The molecule has 4 nitrogen and oxygen atoms in total. The number of carbonyl (C=O) groups excluding carboxylic acids is 2. The lowest BCUT2D eigenvalue weighted by Crippen LogP contribution is -2.34. The summed E-state index contributed by atoms with van der Waals surface area (Å²) in [5.41, 5.74) is 0.997. The zero-order chi connectivity index (χ0) is 12.7. The topological polar surface area (TPSA) is 55.4 Å². The molecule has 0 bridgehead atoms. The van der Waals surface area contributed by atoms with Crippen molar-refractivity contribution in [2.75, 3.05) is 6.61 Å². The molecule has 1 aromatic rings. The van der Waals surface area contributed by atoms with E-state index in [1.807, 2.05) is 30.3 Å². The quantitative estimate of drug-likeness (QED) is 0.621. The van der Waals surface area contributed by atoms with Gasteiger partial charge in [-0.25, -0.2) is 0 Å². The Morgan fingerprint density at radius 3 is 2.53 bits per heavy atom. The number of benzene rings is 1. The molecule has 1 aromatic carbocycles. The third-order valence-corrected chi connectivity index (χ3v) is 2.34. The summed E-state index contributed by atoms with van der Waals surface area (Å²) >= 11 is 0. The molecule has 4 heteroatoms. The Kier molecular flexibility index (Phi) is 5.20. The van der Waals surface area contributed by atoms with E-state index in [1.54, 1.807) is 13.8 Å². The van der Waals surface area contributed by atoms with Crippen LogP contribution in [-0.2, 0) is 20.9 Å². The second-order valence-electron chi connectivity index (χ2n) is 3.68. The second-order valence-corrected chi connectivity index (χ2v) is 3.68. The Balaban J connectivity index is 2.42. The molecule has 0 fully saturated rings. The molecule has 0 spiro atoms. The molecular weight excluding hydrogens is 218 g/mol. The zero-order valence-electron chi connectivity index (χ0n) is 10.1. The zero-order valence-corrected chi connectivity index (χ0v) is 10.1. The van der Waals surface area contributed by atoms with Gasteiger partial charge in [-0.05, 0) is 19.4 Å². The van der Waals surface area contributed by atoms with Crippen molar-refractivity contribution in [1.82, 2.24) is 5.32 Å². The molecule has 0 aliphatic rings. The maximum atomic E-state index is 11.6. The number of hydrogen-bond donors (Lipinski definition) is 1. The number of amides is 1. The van der Waals surface area contributed by atoms with Crippen molar-refractivity contribution in [3.63, 3.8) is 0 Å². The Morgan fingerprint density at radius 1 is 1.29 bits per heavy atom. The molecule has 0 saturated heterocycles. The van der Waals surface area contributed by atoms with Crippen molar-refractivity contribution in [2.24, 2.45) is 5.92 Å². The number of nitrogens with one attached hydrogen (secondary N) is 1. The van der Waals surface area contributed by atoms with E-state index in [-0.39, 0.29) is 12.5 Å². The predicted molar refractivity (Wildman–Crippen MR) is 64.1 cm³/mol. The summed E-state index contributed by atoms with van der Waals surface area (Å²) < 4.78 is 4.78. The molecule has 92 valence electrons. The molecule has 0 aliphatic heterocycles. The van der Waals surface area contributed by atoms with Crippen LogP contribution >= 0.6 is 0 Å². The minimum Gasteiger partial charge on any atom is -0.465 e. The van der Waals surface area contributed by atoms with Crippen LogP contribution in [-0.4, -0.2) is 18.5 Å². The van der Waals surface area contributed by atoms with E-state index in [1.165, 1.54) is 0 Å². The average molecular weight is 235 g/mol. The highest BCUT2D eigenvalue weighted by molar-refractivity contribution is 5.97. The molecule has 0 radical (unpaired) electrons. The Bertz CT molecular complexity index is 376. The fourth-order valence-corrected chi connectivity index (χ4v) is 1.31. The third-order valence-electron chi connectivity index (χ3n) is 2.34. The van der Waals surface area contributed by atoms with Gasteiger partial charge in [-0.3, -0.25) is 9.59 Å². The lowest BCUT2D eigenvalue weighted by atomic mass is 10.1. The summed E-state index contributed by atoms with van der Waals surface area (Å²) in [6.45, 7) is 3.96. The van der Waals surface area contributed by atoms with Gasteiger partial charge in [0.25, 0.3) is 0 Å². The van der Waals surface area contributed by atoms with Crippen LogP contribution in [0.15, 0.2) is 30.3 Å². The number of esters is 1. The Hall–Kier alpha value is -1.84. The first-order chi connectivity index (χ1) is 8.15. The molecular formula is C13H17NO3. The minimum atomic E-state index is -0.765. The molecule has 0 aliphatic carbocycles. The van der Waals surface area contributed by atoms with Crippen LogP contribution in [0.2, 0.25) is 0 Å². The average Bonchev–Trinajstić information content (AvgIpc) is 2.36. The van der Waals surface area contributed by atoms with Crippen molar-refractivity contribution in [3.05, 3.63) is 35.9 Å². The van der Waals surface area contributed by atoms with Crippen LogP contribution in [0.5, 0.6) is 0 Å². The highest BCUT2D eigenvalue weighted by atomic mass is 16.5. The van der Waals surface area contributed by atoms with Gasteiger partial charge in [-0.15, -0.1) is 0 Å². The Labute approximate surface area is 101 Å². The standard InChI is InChI=1S/C13H17NO3/c1-3-17-13(16)10(2)12(15)14-9-11-7-5-4-6-8-11/h4-8,10H,3,9H2,1-2H3,(H,14,15)/t10-/m1/s1. The van der Waals surface area contributed by atoms with E-state index in [0.29, 0.717) is 6.54 Å². The Morgan fingerprint density at radius 2 is 1.94 bits per heavy atom.